The molecule has 144 valence electrons. The van der Waals surface area contributed by atoms with Crippen LogP contribution >= 0.6 is 0 Å². The monoisotopic (exact) mass is 388 g/mol. The fraction of sp³-hybridized carbons (Fsp3) is 0.350. The summed E-state index contributed by atoms with van der Waals surface area (Å²) in [4.78, 5) is 12.1. The van der Waals surface area contributed by atoms with Gasteiger partial charge in [-0.2, -0.15) is 0 Å². The summed E-state index contributed by atoms with van der Waals surface area (Å²) >= 11 is 0. The molecule has 1 fully saturated rings. The molecule has 6 nitrogen and oxygen atoms in total. The average Bonchev–Trinajstić information content (AvgIpc) is 3.14. The number of sulfonamides is 1. The fourth-order valence-corrected chi connectivity index (χ4v) is 4.33. The number of benzene rings is 2. The van der Waals surface area contributed by atoms with Crippen LogP contribution in [0.1, 0.15) is 31.2 Å². The highest BCUT2D eigenvalue weighted by Gasteiger charge is 2.22. The number of aryl methyl sites for hydroxylation is 1. The zero-order valence-electron chi connectivity index (χ0n) is 15.3. The fourth-order valence-electron chi connectivity index (χ4n) is 3.03. The van der Waals surface area contributed by atoms with E-state index in [1.807, 2.05) is 31.2 Å². The summed E-state index contributed by atoms with van der Waals surface area (Å²) in [5.41, 5.74) is 1.82. The molecule has 27 heavy (non-hydrogen) atoms. The first kappa shape index (κ1) is 19.4. The highest BCUT2D eigenvalue weighted by atomic mass is 32.2. The van der Waals surface area contributed by atoms with Crippen molar-refractivity contribution in [3.63, 3.8) is 0 Å². The number of ether oxygens (including phenoxy) is 1. The van der Waals surface area contributed by atoms with Crippen molar-refractivity contribution in [1.82, 2.24) is 4.72 Å². The highest BCUT2D eigenvalue weighted by Crippen LogP contribution is 2.21. The van der Waals surface area contributed by atoms with Gasteiger partial charge in [-0.15, -0.1) is 0 Å². The SMILES string of the molecule is Cc1ccc(NC(=O)COc2ccc(S(=O)(=O)NC3CCCC3)cc2)cc1. The quantitative estimate of drug-likeness (QED) is 0.763. The van der Waals surface area contributed by atoms with Crippen molar-refractivity contribution < 1.29 is 17.9 Å². The van der Waals surface area contributed by atoms with Crippen molar-refractivity contribution in [1.29, 1.82) is 0 Å². The van der Waals surface area contributed by atoms with Crippen molar-refractivity contribution in [3.05, 3.63) is 54.1 Å². The normalized spacial score (nSPS) is 14.9. The van der Waals surface area contributed by atoms with Crippen LogP contribution in [-0.4, -0.2) is 27.0 Å². The van der Waals surface area contributed by atoms with Gasteiger partial charge in [0, 0.05) is 11.7 Å². The topological polar surface area (TPSA) is 84.5 Å². The Labute approximate surface area is 160 Å². The molecule has 0 radical (unpaired) electrons. The van der Waals surface area contributed by atoms with Gasteiger partial charge in [0.05, 0.1) is 4.90 Å². The van der Waals surface area contributed by atoms with E-state index in [2.05, 4.69) is 10.0 Å². The summed E-state index contributed by atoms with van der Waals surface area (Å²) in [6, 6.07) is 13.6. The molecule has 1 amide bonds. The zero-order valence-corrected chi connectivity index (χ0v) is 16.1. The molecule has 0 saturated heterocycles. The standard InChI is InChI=1S/C20H24N2O4S/c1-15-6-8-16(9-7-15)21-20(23)14-26-18-10-12-19(13-11-18)27(24,25)22-17-4-2-3-5-17/h6-13,17,22H,2-5,14H2,1H3,(H,21,23). The van der Waals surface area contributed by atoms with E-state index in [0.29, 0.717) is 11.4 Å². The van der Waals surface area contributed by atoms with E-state index in [9.17, 15) is 13.2 Å². The summed E-state index contributed by atoms with van der Waals surface area (Å²) in [7, 11) is -3.52. The third kappa shape index (κ3) is 5.55. The maximum atomic E-state index is 12.4. The largest absolute Gasteiger partial charge is 0.484 e. The first-order chi connectivity index (χ1) is 12.9. The van der Waals surface area contributed by atoms with E-state index in [0.717, 1.165) is 31.2 Å². The van der Waals surface area contributed by atoms with Crippen molar-refractivity contribution >= 4 is 21.6 Å². The Morgan fingerprint density at radius 1 is 1.04 bits per heavy atom. The number of rotatable bonds is 7. The molecule has 0 aromatic heterocycles. The Hall–Kier alpha value is -2.38. The lowest BCUT2D eigenvalue weighted by Gasteiger charge is -2.13. The molecular weight excluding hydrogens is 364 g/mol. The average molecular weight is 388 g/mol. The summed E-state index contributed by atoms with van der Waals surface area (Å²) < 4.78 is 32.9. The van der Waals surface area contributed by atoms with Crippen molar-refractivity contribution in [2.75, 3.05) is 11.9 Å². The number of amides is 1. The van der Waals surface area contributed by atoms with Gasteiger partial charge in [0.25, 0.3) is 5.91 Å². The second-order valence-electron chi connectivity index (χ2n) is 6.78. The van der Waals surface area contributed by atoms with E-state index >= 15 is 0 Å². The third-order valence-electron chi connectivity index (χ3n) is 4.52. The molecule has 7 heteroatoms. The molecule has 2 N–H and O–H groups in total. The van der Waals surface area contributed by atoms with Crippen LogP contribution in [-0.2, 0) is 14.8 Å². The molecule has 0 atom stereocenters. The number of hydrogen-bond donors (Lipinski definition) is 2. The lowest BCUT2D eigenvalue weighted by molar-refractivity contribution is -0.118. The third-order valence-corrected chi connectivity index (χ3v) is 6.05. The van der Waals surface area contributed by atoms with Crippen LogP contribution in [0.3, 0.4) is 0 Å². The Balaban J connectivity index is 1.52. The number of carbonyl (C=O) groups is 1. The first-order valence-electron chi connectivity index (χ1n) is 9.04. The van der Waals surface area contributed by atoms with Gasteiger partial charge in [-0.1, -0.05) is 30.5 Å². The van der Waals surface area contributed by atoms with Gasteiger partial charge in [-0.25, -0.2) is 13.1 Å². The van der Waals surface area contributed by atoms with Gasteiger partial charge < -0.3 is 10.1 Å². The van der Waals surface area contributed by atoms with Crippen LogP contribution in [0.2, 0.25) is 0 Å². The summed E-state index contributed by atoms with van der Waals surface area (Å²) in [5.74, 6) is 0.160. The van der Waals surface area contributed by atoms with Crippen LogP contribution in [0.15, 0.2) is 53.4 Å². The van der Waals surface area contributed by atoms with E-state index in [1.54, 1.807) is 12.1 Å². The second-order valence-corrected chi connectivity index (χ2v) is 8.49. The first-order valence-corrected chi connectivity index (χ1v) is 10.5. The zero-order chi connectivity index (χ0) is 19.3. The van der Waals surface area contributed by atoms with Crippen LogP contribution in [0.4, 0.5) is 5.69 Å². The Morgan fingerprint density at radius 3 is 2.30 bits per heavy atom. The minimum Gasteiger partial charge on any atom is -0.484 e. The molecule has 1 aliphatic carbocycles. The lowest BCUT2D eigenvalue weighted by atomic mass is 10.2. The van der Waals surface area contributed by atoms with Gasteiger partial charge in [0.2, 0.25) is 10.0 Å². The number of anilines is 1. The van der Waals surface area contributed by atoms with E-state index in [-0.39, 0.29) is 23.5 Å². The minimum absolute atomic E-state index is 0.0244. The minimum atomic E-state index is -3.52. The molecule has 2 aromatic rings. The lowest BCUT2D eigenvalue weighted by Crippen LogP contribution is -2.32. The Morgan fingerprint density at radius 2 is 1.67 bits per heavy atom. The maximum Gasteiger partial charge on any atom is 0.262 e. The summed E-state index contributed by atoms with van der Waals surface area (Å²) in [5, 5.41) is 2.75. The molecule has 1 saturated carbocycles. The van der Waals surface area contributed by atoms with Crippen molar-refractivity contribution in [2.24, 2.45) is 0 Å². The molecule has 2 aromatic carbocycles. The van der Waals surface area contributed by atoms with Crippen molar-refractivity contribution in [2.45, 2.75) is 43.5 Å². The number of nitrogens with one attached hydrogen (secondary N) is 2. The molecule has 0 spiro atoms. The predicted octanol–water partition coefficient (Wildman–Crippen LogP) is 3.23. The van der Waals surface area contributed by atoms with E-state index in [1.165, 1.54) is 12.1 Å². The Kier molecular flexibility index (Phi) is 6.13. The number of carbonyl (C=O) groups excluding carboxylic acids is 1. The molecule has 0 aliphatic heterocycles. The smallest absolute Gasteiger partial charge is 0.262 e. The van der Waals surface area contributed by atoms with E-state index in [4.69, 9.17) is 4.74 Å². The summed E-state index contributed by atoms with van der Waals surface area (Å²) in [6.45, 7) is 1.82. The molecule has 0 unspecified atom stereocenters. The second kappa shape index (κ2) is 8.54. The molecule has 0 heterocycles. The predicted molar refractivity (Wildman–Crippen MR) is 104 cm³/mol. The molecular formula is C20H24N2O4S. The van der Waals surface area contributed by atoms with Gasteiger partial charge in [0.1, 0.15) is 5.75 Å². The molecule has 1 aliphatic rings. The molecule has 0 bridgehead atoms. The van der Waals surface area contributed by atoms with Gasteiger partial charge in [-0.05, 0) is 56.2 Å². The molecule has 3 rings (SSSR count). The highest BCUT2D eigenvalue weighted by molar-refractivity contribution is 7.89. The van der Waals surface area contributed by atoms with Crippen LogP contribution < -0.4 is 14.8 Å². The van der Waals surface area contributed by atoms with Gasteiger partial charge in [-0.3, -0.25) is 4.79 Å². The van der Waals surface area contributed by atoms with Gasteiger partial charge >= 0.3 is 0 Å². The van der Waals surface area contributed by atoms with Crippen LogP contribution in [0.5, 0.6) is 5.75 Å². The van der Waals surface area contributed by atoms with Gasteiger partial charge in [0.15, 0.2) is 6.61 Å². The van der Waals surface area contributed by atoms with E-state index < -0.39 is 10.0 Å². The number of hydrogen-bond acceptors (Lipinski definition) is 4. The maximum absolute atomic E-state index is 12.4. The van der Waals surface area contributed by atoms with Crippen LogP contribution in [0, 0.1) is 6.92 Å². The van der Waals surface area contributed by atoms with Crippen LogP contribution in [0.25, 0.3) is 0 Å². The Bertz CT molecular complexity index is 871. The summed E-state index contributed by atoms with van der Waals surface area (Å²) in [6.07, 6.45) is 3.89. The van der Waals surface area contributed by atoms with Crippen molar-refractivity contribution in [3.8, 4) is 5.75 Å².